The number of Topliss-reactive ketones (excluding diaryl/α,β-unsaturated/α-hetero) is 1. The Morgan fingerprint density at radius 1 is 0.696 bits per heavy atom. The van der Waals surface area contributed by atoms with Crippen LogP contribution in [0.3, 0.4) is 0 Å². The van der Waals surface area contributed by atoms with Crippen molar-refractivity contribution in [2.75, 3.05) is 6.54 Å². The van der Waals surface area contributed by atoms with E-state index < -0.39 is 47.1 Å². The van der Waals surface area contributed by atoms with E-state index in [0.29, 0.717) is 17.5 Å². The summed E-state index contributed by atoms with van der Waals surface area (Å²) in [6.07, 6.45) is -6.85. The fourth-order valence-electron chi connectivity index (χ4n) is 7.33. The van der Waals surface area contributed by atoms with E-state index in [9.17, 15) is 31.1 Å². The highest BCUT2D eigenvalue weighted by atomic mass is 35.5. The van der Waals surface area contributed by atoms with Gasteiger partial charge in [-0.25, -0.2) is 0 Å². The zero-order valence-electron chi connectivity index (χ0n) is 28.9. The predicted molar refractivity (Wildman–Crippen MR) is 206 cm³/mol. The third kappa shape index (κ3) is 7.89. The van der Waals surface area contributed by atoms with Crippen LogP contribution >= 0.6 is 46.4 Å². The Kier molecular flexibility index (Phi) is 11.0. The first-order valence-corrected chi connectivity index (χ1v) is 18.7. The standard InChI is InChI=1S/C42H28Cl4F6N2O2/c43-33-15-9-25(20-35(33)45)40(56)54-18-17-29(32-22-53(36-4-2-1-3-28(32)36)21-24-7-12-27(13-8-24)42(50,51)52)38(54)39(55)30-14-16-34(44)37(46)31(30)19-23-5-10-26(11-6-23)41(47,48)49/h1-16,20,22,29,38H,17-19,21H2. The number of carbonyl (C=O) groups is 2. The summed E-state index contributed by atoms with van der Waals surface area (Å²) in [4.78, 5) is 30.9. The molecule has 0 bridgehead atoms. The molecule has 0 spiro atoms. The normalized spacial score (nSPS) is 16.1. The van der Waals surface area contributed by atoms with Gasteiger partial charge in [0.1, 0.15) is 6.04 Å². The minimum Gasteiger partial charge on any atom is -0.343 e. The Hall–Kier alpha value is -4.48. The van der Waals surface area contributed by atoms with E-state index >= 15 is 4.79 Å². The quantitative estimate of drug-likeness (QED) is 0.113. The van der Waals surface area contributed by atoms with Gasteiger partial charge >= 0.3 is 12.4 Å². The van der Waals surface area contributed by atoms with Crippen LogP contribution in [0.5, 0.6) is 0 Å². The molecule has 5 aromatic carbocycles. The summed E-state index contributed by atoms with van der Waals surface area (Å²) in [5.41, 5.74) is 1.56. The molecular formula is C42H28Cl4F6N2O2. The Morgan fingerprint density at radius 2 is 1.30 bits per heavy atom. The van der Waals surface area contributed by atoms with Gasteiger partial charge in [-0.3, -0.25) is 9.59 Å². The number of hydrogen-bond acceptors (Lipinski definition) is 2. The first kappa shape index (κ1) is 39.7. The second-order valence-electron chi connectivity index (χ2n) is 13.5. The number of benzene rings is 5. The lowest BCUT2D eigenvalue weighted by Crippen LogP contribution is -2.43. The number of nitrogens with zero attached hydrogens (tertiary/aromatic N) is 2. The van der Waals surface area contributed by atoms with E-state index in [1.54, 1.807) is 0 Å². The minimum atomic E-state index is -4.55. The Labute approximate surface area is 337 Å². The molecule has 1 saturated heterocycles. The van der Waals surface area contributed by atoms with Crippen LogP contribution in [0.4, 0.5) is 26.3 Å². The third-order valence-corrected chi connectivity index (χ3v) is 11.7. The molecule has 14 heteroatoms. The Balaban J connectivity index is 1.32. The van der Waals surface area contributed by atoms with Crippen LogP contribution in [0, 0.1) is 0 Å². The largest absolute Gasteiger partial charge is 0.416 e. The summed E-state index contributed by atoms with van der Waals surface area (Å²) in [6, 6.07) is 23.1. The highest BCUT2D eigenvalue weighted by Gasteiger charge is 2.45. The summed E-state index contributed by atoms with van der Waals surface area (Å²) in [6.45, 7) is 0.383. The maximum atomic E-state index is 15.1. The monoisotopic (exact) mass is 846 g/mol. The summed E-state index contributed by atoms with van der Waals surface area (Å²) in [7, 11) is 0. The number of carbonyl (C=O) groups excluding carboxylic acids is 2. The molecule has 288 valence electrons. The van der Waals surface area contributed by atoms with Crippen LogP contribution in [0.1, 0.15) is 66.4 Å². The van der Waals surface area contributed by atoms with Gasteiger partial charge in [0, 0.05) is 47.2 Å². The van der Waals surface area contributed by atoms with Gasteiger partial charge in [0.25, 0.3) is 5.91 Å². The molecule has 1 aliphatic heterocycles. The highest BCUT2D eigenvalue weighted by Crippen LogP contribution is 2.43. The fraction of sp³-hybridized carbons (Fsp3) is 0.190. The molecule has 2 unspecified atom stereocenters. The van der Waals surface area contributed by atoms with Crippen molar-refractivity contribution in [3.63, 3.8) is 0 Å². The SMILES string of the molecule is O=C(c1ccc(Cl)c(Cl)c1Cc1ccc(C(F)(F)F)cc1)C1C(c2cn(Cc3ccc(C(F)(F)F)cc3)c3ccccc23)CCN1C(=O)c1ccc(Cl)c(Cl)c1. The lowest BCUT2D eigenvalue weighted by molar-refractivity contribution is -0.138. The highest BCUT2D eigenvalue weighted by molar-refractivity contribution is 6.43. The van der Waals surface area contributed by atoms with Gasteiger partial charge in [0.15, 0.2) is 5.78 Å². The number of halogens is 10. The molecule has 7 rings (SSSR count). The minimum absolute atomic E-state index is 0.0385. The number of para-hydroxylation sites is 1. The van der Waals surface area contributed by atoms with Crippen molar-refractivity contribution in [1.82, 2.24) is 9.47 Å². The van der Waals surface area contributed by atoms with E-state index in [2.05, 4.69) is 0 Å². The number of fused-ring (bicyclic) bond motifs is 1. The smallest absolute Gasteiger partial charge is 0.343 e. The number of hydrogen-bond donors (Lipinski definition) is 0. The molecule has 0 aliphatic carbocycles. The van der Waals surface area contributed by atoms with E-state index in [1.165, 1.54) is 59.5 Å². The van der Waals surface area contributed by atoms with Crippen LogP contribution in [0.25, 0.3) is 10.9 Å². The van der Waals surface area contributed by atoms with Gasteiger partial charge < -0.3 is 9.47 Å². The number of aromatic nitrogens is 1. The Morgan fingerprint density at radius 3 is 1.93 bits per heavy atom. The van der Waals surface area contributed by atoms with Crippen molar-refractivity contribution >= 4 is 69.0 Å². The Bertz CT molecular complexity index is 2460. The number of alkyl halides is 6. The van der Waals surface area contributed by atoms with Crippen LogP contribution < -0.4 is 0 Å². The van der Waals surface area contributed by atoms with Crippen LogP contribution in [0.15, 0.2) is 109 Å². The van der Waals surface area contributed by atoms with Crippen molar-refractivity contribution in [3.05, 3.63) is 174 Å². The molecule has 0 saturated carbocycles. The average Bonchev–Trinajstić information content (AvgIpc) is 3.76. The van der Waals surface area contributed by atoms with Gasteiger partial charge in [-0.2, -0.15) is 26.3 Å². The lowest BCUT2D eigenvalue weighted by Gasteiger charge is -2.28. The molecule has 6 aromatic rings. The van der Waals surface area contributed by atoms with E-state index in [4.69, 9.17) is 46.4 Å². The van der Waals surface area contributed by atoms with Crippen molar-refractivity contribution < 1.29 is 35.9 Å². The van der Waals surface area contributed by atoms with Gasteiger partial charge in [-0.15, -0.1) is 0 Å². The molecular weight excluding hydrogens is 820 g/mol. The number of amides is 1. The maximum absolute atomic E-state index is 15.1. The van der Waals surface area contributed by atoms with Gasteiger partial charge in [0.2, 0.25) is 0 Å². The van der Waals surface area contributed by atoms with Crippen molar-refractivity contribution in [3.8, 4) is 0 Å². The number of likely N-dealkylation sites (tertiary alicyclic amines) is 1. The molecule has 0 N–H and O–H groups in total. The molecule has 2 heterocycles. The predicted octanol–water partition coefficient (Wildman–Crippen LogP) is 12.8. The maximum Gasteiger partial charge on any atom is 0.416 e. The zero-order valence-corrected chi connectivity index (χ0v) is 31.9. The average molecular weight is 848 g/mol. The summed E-state index contributed by atoms with van der Waals surface area (Å²) in [5, 5.41) is 1.33. The molecule has 0 radical (unpaired) electrons. The van der Waals surface area contributed by atoms with E-state index in [-0.39, 0.29) is 56.3 Å². The molecule has 2 atom stereocenters. The summed E-state index contributed by atoms with van der Waals surface area (Å²) in [5.74, 6) is -1.54. The van der Waals surface area contributed by atoms with E-state index in [0.717, 1.165) is 40.7 Å². The van der Waals surface area contributed by atoms with Gasteiger partial charge in [0.05, 0.1) is 31.2 Å². The molecule has 1 aliphatic rings. The summed E-state index contributed by atoms with van der Waals surface area (Å²) < 4.78 is 81.8. The van der Waals surface area contributed by atoms with Crippen LogP contribution in [-0.4, -0.2) is 33.7 Å². The third-order valence-electron chi connectivity index (χ3n) is 10.1. The molecule has 1 amide bonds. The van der Waals surface area contributed by atoms with Crippen LogP contribution in [-0.2, 0) is 25.3 Å². The van der Waals surface area contributed by atoms with Gasteiger partial charge in [-0.05, 0) is 95.8 Å². The first-order chi connectivity index (χ1) is 26.5. The van der Waals surface area contributed by atoms with Crippen molar-refractivity contribution in [2.45, 2.75) is 43.7 Å². The van der Waals surface area contributed by atoms with Crippen LogP contribution in [0.2, 0.25) is 20.1 Å². The second-order valence-corrected chi connectivity index (χ2v) is 15.1. The first-order valence-electron chi connectivity index (χ1n) is 17.2. The van der Waals surface area contributed by atoms with Crippen molar-refractivity contribution in [1.29, 1.82) is 0 Å². The van der Waals surface area contributed by atoms with Gasteiger partial charge in [-0.1, -0.05) is 88.9 Å². The lowest BCUT2D eigenvalue weighted by atomic mass is 9.85. The summed E-state index contributed by atoms with van der Waals surface area (Å²) >= 11 is 25.6. The number of ketones is 1. The fourth-order valence-corrected chi connectivity index (χ4v) is 8.04. The van der Waals surface area contributed by atoms with E-state index in [1.807, 2.05) is 35.0 Å². The topological polar surface area (TPSA) is 42.3 Å². The second kappa shape index (κ2) is 15.5. The van der Waals surface area contributed by atoms with Crippen molar-refractivity contribution in [2.24, 2.45) is 0 Å². The number of rotatable bonds is 8. The molecule has 1 fully saturated rings. The molecule has 4 nitrogen and oxygen atoms in total. The zero-order chi connectivity index (χ0) is 40.1. The molecule has 1 aromatic heterocycles. The molecule has 56 heavy (non-hydrogen) atoms.